The van der Waals surface area contributed by atoms with Gasteiger partial charge in [-0.3, -0.25) is 0 Å². The van der Waals surface area contributed by atoms with Gasteiger partial charge in [0.1, 0.15) is 0 Å². The minimum atomic E-state index is -1.33. The molecule has 0 aromatic heterocycles. The molecule has 116 valence electrons. The van der Waals surface area contributed by atoms with Gasteiger partial charge in [0.2, 0.25) is 0 Å². The first-order chi connectivity index (χ1) is 9.02. The van der Waals surface area contributed by atoms with Crippen LogP contribution in [0.15, 0.2) is 0 Å². The number of hydrogen-bond acceptors (Lipinski definition) is 1. The zero-order chi connectivity index (χ0) is 14.6. The summed E-state index contributed by atoms with van der Waals surface area (Å²) in [5.74, 6) is 0. The summed E-state index contributed by atoms with van der Waals surface area (Å²) in [4.78, 5) is 0. The third kappa shape index (κ3) is 12.9. The van der Waals surface area contributed by atoms with Crippen molar-refractivity contribution in [3.63, 3.8) is 0 Å². The second-order valence-electron chi connectivity index (χ2n) is 6.66. The first kappa shape index (κ1) is 19.2. The van der Waals surface area contributed by atoms with Crippen molar-refractivity contribution in [1.82, 2.24) is 0 Å². The van der Waals surface area contributed by atoms with Gasteiger partial charge in [0.25, 0.3) is 0 Å². The van der Waals surface area contributed by atoms with Gasteiger partial charge < -0.3 is 4.43 Å². The minimum Gasteiger partial charge on any atom is -0.415 e. The molecule has 19 heavy (non-hydrogen) atoms. The molecule has 1 unspecified atom stereocenters. The quantitative estimate of drug-likeness (QED) is 0.276. The minimum absolute atomic E-state index is 0.478. The van der Waals surface area contributed by atoms with Gasteiger partial charge in [-0.15, -0.1) is 0 Å². The van der Waals surface area contributed by atoms with E-state index in [1.165, 1.54) is 70.3 Å². The zero-order valence-electron chi connectivity index (χ0n) is 14.3. The second-order valence-corrected chi connectivity index (χ2v) is 11.1. The van der Waals surface area contributed by atoms with Crippen molar-refractivity contribution in [2.45, 2.75) is 110 Å². The highest BCUT2D eigenvalue weighted by Gasteiger charge is 2.21. The van der Waals surface area contributed by atoms with E-state index < -0.39 is 8.32 Å². The summed E-state index contributed by atoms with van der Waals surface area (Å²) in [7, 11) is -1.33. The molecule has 0 aliphatic rings. The lowest BCUT2D eigenvalue weighted by atomic mass is 10.1. The lowest BCUT2D eigenvalue weighted by Crippen LogP contribution is -2.33. The standard InChI is InChI=1S/C17H38OSi/c1-6-8-9-10-11-12-13-14-15-16-17(3)18-19(4,5)7-2/h17H,6-16H2,1-5H3. The van der Waals surface area contributed by atoms with Crippen LogP contribution in [-0.4, -0.2) is 14.4 Å². The number of rotatable bonds is 13. The molecule has 0 fully saturated rings. The first-order valence-corrected chi connectivity index (χ1v) is 11.8. The van der Waals surface area contributed by atoms with Crippen LogP contribution in [-0.2, 0) is 4.43 Å². The van der Waals surface area contributed by atoms with Crippen LogP contribution in [0.25, 0.3) is 0 Å². The van der Waals surface area contributed by atoms with Gasteiger partial charge in [-0.05, 0) is 32.5 Å². The van der Waals surface area contributed by atoms with Gasteiger partial charge in [-0.25, -0.2) is 0 Å². The molecule has 0 aliphatic carbocycles. The Balaban J connectivity index is 3.30. The Kier molecular flexibility index (Phi) is 12.1. The van der Waals surface area contributed by atoms with Crippen LogP contribution < -0.4 is 0 Å². The van der Waals surface area contributed by atoms with Crippen molar-refractivity contribution < 1.29 is 4.43 Å². The normalized spacial score (nSPS) is 13.7. The van der Waals surface area contributed by atoms with Crippen LogP contribution in [0.3, 0.4) is 0 Å². The van der Waals surface area contributed by atoms with Gasteiger partial charge in [0, 0.05) is 6.10 Å². The molecule has 0 aromatic carbocycles. The molecule has 1 nitrogen and oxygen atoms in total. The molecule has 0 radical (unpaired) electrons. The summed E-state index contributed by atoms with van der Waals surface area (Å²) in [6.45, 7) is 11.5. The van der Waals surface area contributed by atoms with Crippen LogP contribution in [0, 0.1) is 0 Å². The van der Waals surface area contributed by atoms with Gasteiger partial charge >= 0.3 is 0 Å². The van der Waals surface area contributed by atoms with Crippen LogP contribution in [0.1, 0.15) is 85.0 Å². The highest BCUT2D eigenvalue weighted by atomic mass is 28.4. The summed E-state index contributed by atoms with van der Waals surface area (Å²) in [6.07, 6.45) is 14.5. The summed E-state index contributed by atoms with van der Waals surface area (Å²) in [5.41, 5.74) is 0. The monoisotopic (exact) mass is 286 g/mol. The first-order valence-electron chi connectivity index (χ1n) is 8.69. The maximum Gasteiger partial charge on any atom is 0.186 e. The molecule has 0 bridgehead atoms. The molecule has 0 N–H and O–H groups in total. The molecular weight excluding hydrogens is 248 g/mol. The summed E-state index contributed by atoms with van der Waals surface area (Å²) in [6, 6.07) is 1.23. The Morgan fingerprint density at radius 2 is 1.26 bits per heavy atom. The average molecular weight is 287 g/mol. The molecule has 0 saturated carbocycles. The van der Waals surface area contributed by atoms with E-state index in [2.05, 4.69) is 33.9 Å². The fraction of sp³-hybridized carbons (Fsp3) is 1.00. The van der Waals surface area contributed by atoms with Gasteiger partial charge in [0.15, 0.2) is 8.32 Å². The summed E-state index contributed by atoms with van der Waals surface area (Å²) < 4.78 is 6.20. The van der Waals surface area contributed by atoms with Crippen molar-refractivity contribution in [1.29, 1.82) is 0 Å². The molecule has 2 heteroatoms. The summed E-state index contributed by atoms with van der Waals surface area (Å²) >= 11 is 0. The predicted molar refractivity (Wildman–Crippen MR) is 90.4 cm³/mol. The van der Waals surface area contributed by atoms with Crippen molar-refractivity contribution in [3.8, 4) is 0 Å². The van der Waals surface area contributed by atoms with Crippen molar-refractivity contribution in [3.05, 3.63) is 0 Å². The maximum absolute atomic E-state index is 6.20. The molecule has 0 rings (SSSR count). The fourth-order valence-electron chi connectivity index (χ4n) is 2.43. The Bertz CT molecular complexity index is 192. The van der Waals surface area contributed by atoms with E-state index in [1.54, 1.807) is 0 Å². The lowest BCUT2D eigenvalue weighted by Gasteiger charge is -2.26. The van der Waals surface area contributed by atoms with E-state index in [-0.39, 0.29) is 0 Å². The zero-order valence-corrected chi connectivity index (χ0v) is 15.3. The van der Waals surface area contributed by atoms with Gasteiger partial charge in [-0.2, -0.15) is 0 Å². The molecule has 1 atom stereocenters. The van der Waals surface area contributed by atoms with Gasteiger partial charge in [0.05, 0.1) is 0 Å². The van der Waals surface area contributed by atoms with Crippen molar-refractivity contribution in [2.24, 2.45) is 0 Å². The van der Waals surface area contributed by atoms with Crippen LogP contribution in [0.4, 0.5) is 0 Å². The molecule has 0 heterocycles. The largest absolute Gasteiger partial charge is 0.415 e. The number of hydrogen-bond donors (Lipinski definition) is 0. The number of unbranched alkanes of at least 4 members (excludes halogenated alkanes) is 8. The van der Waals surface area contributed by atoms with Crippen LogP contribution in [0.2, 0.25) is 19.1 Å². The van der Waals surface area contributed by atoms with Crippen molar-refractivity contribution >= 4 is 8.32 Å². The second kappa shape index (κ2) is 12.0. The Hall–Kier alpha value is 0.177. The SMILES string of the molecule is CCCCCCCCCCCC(C)O[Si](C)(C)CC. The van der Waals surface area contributed by atoms with E-state index in [9.17, 15) is 0 Å². The third-order valence-corrected chi connectivity index (χ3v) is 6.83. The van der Waals surface area contributed by atoms with Crippen LogP contribution >= 0.6 is 0 Å². The van der Waals surface area contributed by atoms with Crippen molar-refractivity contribution in [2.75, 3.05) is 0 Å². The topological polar surface area (TPSA) is 9.23 Å². The molecular formula is C17H38OSi. The average Bonchev–Trinajstić information content (AvgIpc) is 2.36. The van der Waals surface area contributed by atoms with Crippen LogP contribution in [0.5, 0.6) is 0 Å². The van der Waals surface area contributed by atoms with E-state index in [1.807, 2.05) is 0 Å². The lowest BCUT2D eigenvalue weighted by molar-refractivity contribution is 0.196. The van der Waals surface area contributed by atoms with E-state index >= 15 is 0 Å². The maximum atomic E-state index is 6.20. The molecule has 0 saturated heterocycles. The van der Waals surface area contributed by atoms with Gasteiger partial charge in [-0.1, -0.05) is 71.6 Å². The molecule has 0 aromatic rings. The summed E-state index contributed by atoms with van der Waals surface area (Å²) in [5, 5.41) is 0. The molecule has 0 aliphatic heterocycles. The fourth-order valence-corrected chi connectivity index (χ4v) is 3.80. The highest BCUT2D eigenvalue weighted by Crippen LogP contribution is 2.17. The van der Waals surface area contributed by atoms with E-state index in [4.69, 9.17) is 4.43 Å². The molecule has 0 spiro atoms. The Morgan fingerprint density at radius 1 is 0.789 bits per heavy atom. The Labute approximate surface area is 123 Å². The van der Waals surface area contributed by atoms with E-state index in [0.717, 1.165) is 0 Å². The molecule has 0 amide bonds. The Morgan fingerprint density at radius 3 is 1.74 bits per heavy atom. The third-order valence-electron chi connectivity index (χ3n) is 4.09. The predicted octanol–water partition coefficient (Wildman–Crippen LogP) is 6.54. The van der Waals surface area contributed by atoms with E-state index in [0.29, 0.717) is 6.10 Å². The smallest absolute Gasteiger partial charge is 0.186 e. The highest BCUT2D eigenvalue weighted by molar-refractivity contribution is 6.71.